The maximum Gasteiger partial charge on any atom is 0.00718 e. The Kier molecular flexibility index (Phi) is 4.02. The number of benzene rings is 1. The molecule has 0 aliphatic heterocycles. The molecule has 1 aromatic rings. The second-order valence-corrected chi connectivity index (χ2v) is 5.28. The molecule has 0 unspecified atom stereocenters. The fourth-order valence-corrected chi connectivity index (χ4v) is 1.89. The van der Waals surface area contributed by atoms with E-state index in [2.05, 4.69) is 44.4 Å². The Hall–Kier alpha value is -0.470. The third kappa shape index (κ3) is 3.35. The van der Waals surface area contributed by atoms with Gasteiger partial charge in [-0.25, -0.2) is 0 Å². The summed E-state index contributed by atoms with van der Waals surface area (Å²) in [6, 6.07) is 8.69. The summed E-state index contributed by atoms with van der Waals surface area (Å²) in [6.07, 6.45) is 3.16. The normalized spacial score (nSPS) is 11.7. The van der Waals surface area contributed by atoms with E-state index in [0.29, 0.717) is 0 Å². The lowest BCUT2D eigenvalue weighted by Crippen LogP contribution is -2.25. The molecule has 1 aromatic carbocycles. The van der Waals surface area contributed by atoms with E-state index in [1.165, 1.54) is 10.5 Å². The van der Waals surface area contributed by atoms with Crippen molar-refractivity contribution >= 4 is 11.8 Å². The van der Waals surface area contributed by atoms with Crippen LogP contribution >= 0.6 is 11.8 Å². The van der Waals surface area contributed by atoms with Crippen LogP contribution in [-0.4, -0.2) is 12.8 Å². The molecule has 0 aliphatic carbocycles. The van der Waals surface area contributed by atoms with Crippen molar-refractivity contribution < 1.29 is 0 Å². The maximum atomic E-state index is 5.72. The van der Waals surface area contributed by atoms with Gasteiger partial charge in [-0.2, -0.15) is 0 Å². The summed E-state index contributed by atoms with van der Waals surface area (Å²) in [5.41, 5.74) is 7.31. The first-order chi connectivity index (χ1) is 6.57. The third-order valence-electron chi connectivity index (χ3n) is 2.37. The summed E-state index contributed by atoms with van der Waals surface area (Å²) in [7, 11) is 0. The summed E-state index contributed by atoms with van der Waals surface area (Å²) < 4.78 is 0. The van der Waals surface area contributed by atoms with Crippen molar-refractivity contribution in [1.29, 1.82) is 0 Å². The van der Waals surface area contributed by atoms with Gasteiger partial charge in [0, 0.05) is 4.90 Å². The van der Waals surface area contributed by atoms with E-state index in [1.807, 2.05) is 0 Å². The van der Waals surface area contributed by atoms with Gasteiger partial charge >= 0.3 is 0 Å². The molecule has 0 saturated heterocycles. The third-order valence-corrected chi connectivity index (χ3v) is 3.09. The van der Waals surface area contributed by atoms with Crippen molar-refractivity contribution in [3.63, 3.8) is 0 Å². The summed E-state index contributed by atoms with van der Waals surface area (Å²) in [5.74, 6) is 0. The molecule has 1 rings (SSSR count). The minimum atomic E-state index is 0.205. The lowest BCUT2D eigenvalue weighted by Gasteiger charge is -2.22. The van der Waals surface area contributed by atoms with Gasteiger partial charge in [0.1, 0.15) is 0 Å². The highest BCUT2D eigenvalue weighted by molar-refractivity contribution is 7.98. The van der Waals surface area contributed by atoms with Gasteiger partial charge in [-0.05, 0) is 42.3 Å². The van der Waals surface area contributed by atoms with E-state index < -0.39 is 0 Å². The van der Waals surface area contributed by atoms with Crippen molar-refractivity contribution in [3.05, 3.63) is 29.8 Å². The predicted molar refractivity (Wildman–Crippen MR) is 64.8 cm³/mol. The van der Waals surface area contributed by atoms with Crippen LogP contribution in [0.15, 0.2) is 29.2 Å². The molecule has 0 spiro atoms. The number of hydrogen-bond acceptors (Lipinski definition) is 2. The van der Waals surface area contributed by atoms with Gasteiger partial charge in [-0.1, -0.05) is 26.0 Å². The second-order valence-electron chi connectivity index (χ2n) is 4.40. The van der Waals surface area contributed by atoms with Crippen LogP contribution in [0.2, 0.25) is 0 Å². The average Bonchev–Trinajstić information content (AvgIpc) is 2.17. The van der Waals surface area contributed by atoms with Crippen LogP contribution < -0.4 is 5.73 Å². The van der Waals surface area contributed by atoms with Crippen LogP contribution in [0.25, 0.3) is 0 Å². The van der Waals surface area contributed by atoms with Crippen molar-refractivity contribution in [2.75, 3.05) is 12.8 Å². The minimum Gasteiger partial charge on any atom is -0.330 e. The highest BCUT2D eigenvalue weighted by atomic mass is 32.2. The molecule has 0 bridgehead atoms. The molecule has 2 N–H and O–H groups in total. The molecule has 0 saturated carbocycles. The first-order valence-corrected chi connectivity index (χ1v) is 6.13. The van der Waals surface area contributed by atoms with E-state index in [0.717, 1.165) is 13.0 Å². The van der Waals surface area contributed by atoms with Gasteiger partial charge in [0.15, 0.2) is 0 Å². The molecule has 0 aliphatic rings. The van der Waals surface area contributed by atoms with Crippen molar-refractivity contribution in [1.82, 2.24) is 0 Å². The fraction of sp³-hybridized carbons (Fsp3) is 0.500. The summed E-state index contributed by atoms with van der Waals surface area (Å²) in [6.45, 7) is 5.15. The van der Waals surface area contributed by atoms with Crippen molar-refractivity contribution in [3.8, 4) is 0 Å². The molecular formula is C12H19NS. The standard InChI is InChI=1S/C12H19NS/c1-12(2,9-13)8-10-5-4-6-11(7-10)14-3/h4-7H,8-9,13H2,1-3H3. The summed E-state index contributed by atoms with van der Waals surface area (Å²) >= 11 is 1.79. The molecule has 0 fully saturated rings. The number of hydrogen-bond donors (Lipinski definition) is 1. The SMILES string of the molecule is CSc1cccc(CC(C)(C)CN)c1. The van der Waals surface area contributed by atoms with Crippen LogP contribution in [0.5, 0.6) is 0 Å². The van der Waals surface area contributed by atoms with Gasteiger partial charge < -0.3 is 5.73 Å². The molecule has 1 nitrogen and oxygen atoms in total. The lowest BCUT2D eigenvalue weighted by molar-refractivity contribution is 0.376. The van der Waals surface area contributed by atoms with Crippen LogP contribution in [0.1, 0.15) is 19.4 Å². The molecule has 2 heteroatoms. The molecular weight excluding hydrogens is 190 g/mol. The predicted octanol–water partition coefficient (Wildman–Crippen LogP) is 2.94. The number of thioether (sulfide) groups is 1. The van der Waals surface area contributed by atoms with Crippen LogP contribution in [0.4, 0.5) is 0 Å². The van der Waals surface area contributed by atoms with E-state index in [1.54, 1.807) is 11.8 Å². The molecule has 0 heterocycles. The summed E-state index contributed by atoms with van der Waals surface area (Å²) in [5, 5.41) is 0. The summed E-state index contributed by atoms with van der Waals surface area (Å²) in [4.78, 5) is 1.33. The Morgan fingerprint density at radius 3 is 2.64 bits per heavy atom. The Morgan fingerprint density at radius 2 is 2.07 bits per heavy atom. The topological polar surface area (TPSA) is 26.0 Å². The molecule has 78 valence electrons. The Labute approximate surface area is 91.1 Å². The first-order valence-electron chi connectivity index (χ1n) is 4.90. The Balaban J connectivity index is 2.76. The molecule has 14 heavy (non-hydrogen) atoms. The van der Waals surface area contributed by atoms with E-state index >= 15 is 0 Å². The lowest BCUT2D eigenvalue weighted by atomic mass is 9.86. The van der Waals surface area contributed by atoms with E-state index in [-0.39, 0.29) is 5.41 Å². The van der Waals surface area contributed by atoms with Crippen LogP contribution in [0.3, 0.4) is 0 Å². The minimum absolute atomic E-state index is 0.205. The highest BCUT2D eigenvalue weighted by Crippen LogP contribution is 2.23. The molecule has 0 radical (unpaired) electrons. The monoisotopic (exact) mass is 209 g/mol. The zero-order valence-corrected chi connectivity index (χ0v) is 10.0. The zero-order chi connectivity index (χ0) is 10.6. The van der Waals surface area contributed by atoms with Gasteiger partial charge in [0.2, 0.25) is 0 Å². The number of rotatable bonds is 4. The fourth-order valence-electron chi connectivity index (χ4n) is 1.41. The highest BCUT2D eigenvalue weighted by Gasteiger charge is 2.15. The molecule has 0 atom stereocenters. The van der Waals surface area contributed by atoms with Crippen LogP contribution in [0, 0.1) is 5.41 Å². The molecule has 0 amide bonds. The molecule has 0 aromatic heterocycles. The smallest absolute Gasteiger partial charge is 0.00718 e. The van der Waals surface area contributed by atoms with Gasteiger partial charge in [0.25, 0.3) is 0 Å². The van der Waals surface area contributed by atoms with E-state index in [4.69, 9.17) is 5.73 Å². The maximum absolute atomic E-state index is 5.72. The average molecular weight is 209 g/mol. The quantitative estimate of drug-likeness (QED) is 0.772. The largest absolute Gasteiger partial charge is 0.330 e. The van der Waals surface area contributed by atoms with Crippen LogP contribution in [-0.2, 0) is 6.42 Å². The zero-order valence-electron chi connectivity index (χ0n) is 9.21. The Bertz CT molecular complexity index is 294. The second kappa shape index (κ2) is 4.85. The van der Waals surface area contributed by atoms with Gasteiger partial charge in [0.05, 0.1) is 0 Å². The Morgan fingerprint density at radius 1 is 1.36 bits per heavy atom. The van der Waals surface area contributed by atoms with E-state index in [9.17, 15) is 0 Å². The van der Waals surface area contributed by atoms with Crippen molar-refractivity contribution in [2.45, 2.75) is 25.2 Å². The van der Waals surface area contributed by atoms with Gasteiger partial charge in [-0.15, -0.1) is 11.8 Å². The van der Waals surface area contributed by atoms with Crippen molar-refractivity contribution in [2.24, 2.45) is 11.1 Å². The van der Waals surface area contributed by atoms with Gasteiger partial charge in [-0.3, -0.25) is 0 Å². The first kappa shape index (κ1) is 11.6. The number of nitrogens with two attached hydrogens (primary N) is 1.